The third-order valence-corrected chi connectivity index (χ3v) is 4.75. The van der Waals surface area contributed by atoms with Gasteiger partial charge in [-0.15, -0.1) is 0 Å². The average molecular weight is 311 g/mol. The van der Waals surface area contributed by atoms with Crippen LogP contribution in [0.2, 0.25) is 0 Å². The maximum absolute atomic E-state index is 12.1. The first kappa shape index (κ1) is 15.3. The lowest BCUT2D eigenvalue weighted by molar-refractivity contribution is 0.297. The molecule has 0 amide bonds. The number of nitrogens with two attached hydrogens (primary N) is 1. The molecule has 21 heavy (non-hydrogen) atoms. The molecule has 1 atom stereocenters. The van der Waals surface area contributed by atoms with Gasteiger partial charge in [0.2, 0.25) is 10.0 Å². The highest BCUT2D eigenvalue weighted by Crippen LogP contribution is 2.37. The van der Waals surface area contributed by atoms with Crippen molar-refractivity contribution >= 4 is 21.4 Å². The Hall–Kier alpha value is -2.14. The van der Waals surface area contributed by atoms with Crippen molar-refractivity contribution in [2.24, 2.45) is 0 Å². The van der Waals surface area contributed by atoms with Crippen LogP contribution < -0.4 is 19.9 Å². The Bertz CT molecular complexity index is 667. The molecule has 1 aromatic carbocycles. The van der Waals surface area contributed by atoms with Crippen molar-refractivity contribution in [3.05, 3.63) is 12.1 Å². The number of fused-ring (bicyclic) bond motifs is 1. The summed E-state index contributed by atoms with van der Waals surface area (Å²) in [7, 11) is -3.82. The van der Waals surface area contributed by atoms with E-state index < -0.39 is 15.3 Å². The monoisotopic (exact) mass is 311 g/mol. The minimum absolute atomic E-state index is 0.188. The molecule has 1 heterocycles. The number of anilines is 2. The zero-order valence-electron chi connectivity index (χ0n) is 11.6. The second-order valence-electron chi connectivity index (χ2n) is 4.61. The second-order valence-corrected chi connectivity index (χ2v) is 6.47. The molecular weight excluding hydrogens is 294 g/mol. The van der Waals surface area contributed by atoms with Crippen molar-refractivity contribution in [1.29, 1.82) is 5.26 Å². The van der Waals surface area contributed by atoms with Gasteiger partial charge >= 0.3 is 0 Å². The maximum atomic E-state index is 12.1. The summed E-state index contributed by atoms with van der Waals surface area (Å²) in [6.45, 7) is 2.63. The van der Waals surface area contributed by atoms with Crippen molar-refractivity contribution in [3.63, 3.8) is 0 Å². The molecule has 0 spiro atoms. The van der Waals surface area contributed by atoms with Gasteiger partial charge in [0.1, 0.15) is 0 Å². The molecule has 114 valence electrons. The average Bonchev–Trinajstić information content (AvgIpc) is 2.65. The molecule has 3 N–H and O–H groups in total. The maximum Gasteiger partial charge on any atom is 0.249 e. The molecule has 0 radical (unpaired) electrons. The van der Waals surface area contributed by atoms with Crippen LogP contribution in [0.15, 0.2) is 12.1 Å². The van der Waals surface area contributed by atoms with Crippen molar-refractivity contribution in [3.8, 4) is 17.6 Å². The van der Waals surface area contributed by atoms with Crippen LogP contribution in [-0.2, 0) is 10.0 Å². The Morgan fingerprint density at radius 1 is 1.38 bits per heavy atom. The van der Waals surface area contributed by atoms with Crippen LogP contribution in [0.5, 0.6) is 11.5 Å². The largest absolute Gasteiger partial charge is 0.489 e. The number of rotatable bonds is 4. The molecule has 0 aliphatic carbocycles. The fourth-order valence-corrected chi connectivity index (χ4v) is 3.12. The van der Waals surface area contributed by atoms with Gasteiger partial charge in [0.05, 0.1) is 30.7 Å². The molecule has 1 aromatic rings. The summed E-state index contributed by atoms with van der Waals surface area (Å²) in [5.41, 5.74) is 6.25. The highest BCUT2D eigenvalue weighted by Gasteiger charge is 2.25. The van der Waals surface area contributed by atoms with E-state index in [0.717, 1.165) is 6.42 Å². The number of ether oxygens (including phenoxy) is 2. The van der Waals surface area contributed by atoms with Crippen molar-refractivity contribution in [2.45, 2.75) is 25.0 Å². The SMILES string of the molecule is CCC(C#N)S(=O)(=O)Nc1cc2c(cc1N)OCCCO2. The van der Waals surface area contributed by atoms with E-state index >= 15 is 0 Å². The molecule has 0 saturated carbocycles. The summed E-state index contributed by atoms with van der Waals surface area (Å²) < 4.78 is 37.5. The smallest absolute Gasteiger partial charge is 0.249 e. The standard InChI is InChI=1S/C13H17N3O4S/c1-2-9(8-14)21(17,18)16-11-7-13-12(6-10(11)15)19-4-3-5-20-13/h6-7,9,16H,2-5,15H2,1H3. The van der Waals surface area contributed by atoms with Crippen LogP contribution in [0.4, 0.5) is 11.4 Å². The predicted molar refractivity (Wildman–Crippen MR) is 78.7 cm³/mol. The van der Waals surface area contributed by atoms with E-state index in [1.807, 2.05) is 0 Å². The van der Waals surface area contributed by atoms with Crippen molar-refractivity contribution in [2.75, 3.05) is 23.7 Å². The highest BCUT2D eigenvalue weighted by atomic mass is 32.2. The summed E-state index contributed by atoms with van der Waals surface area (Å²) >= 11 is 0. The summed E-state index contributed by atoms with van der Waals surface area (Å²) in [5, 5.41) is 7.76. The molecule has 7 nitrogen and oxygen atoms in total. The fourth-order valence-electron chi connectivity index (χ4n) is 1.92. The predicted octanol–water partition coefficient (Wildman–Crippen LogP) is 1.47. The quantitative estimate of drug-likeness (QED) is 0.814. The van der Waals surface area contributed by atoms with Gasteiger partial charge in [0.25, 0.3) is 0 Å². The molecular formula is C13H17N3O4S. The highest BCUT2D eigenvalue weighted by molar-refractivity contribution is 7.93. The second kappa shape index (κ2) is 6.10. The first-order valence-corrected chi connectivity index (χ1v) is 8.13. The number of hydrogen-bond donors (Lipinski definition) is 2. The topological polar surface area (TPSA) is 114 Å². The normalized spacial score (nSPS) is 15.6. The van der Waals surface area contributed by atoms with E-state index in [1.54, 1.807) is 13.0 Å². The molecule has 0 saturated heterocycles. The lowest BCUT2D eigenvalue weighted by Gasteiger charge is -2.15. The third-order valence-electron chi connectivity index (χ3n) is 3.06. The van der Waals surface area contributed by atoms with Gasteiger partial charge in [-0.3, -0.25) is 4.72 Å². The molecule has 2 rings (SSSR count). The number of hydrogen-bond acceptors (Lipinski definition) is 6. The molecule has 0 fully saturated rings. The summed E-state index contributed by atoms with van der Waals surface area (Å²) in [5.74, 6) is 0.921. The molecule has 1 aliphatic rings. The van der Waals surface area contributed by atoms with E-state index in [0.29, 0.717) is 24.7 Å². The summed E-state index contributed by atoms with van der Waals surface area (Å²) in [4.78, 5) is 0. The lowest BCUT2D eigenvalue weighted by Crippen LogP contribution is -2.26. The van der Waals surface area contributed by atoms with Crippen molar-refractivity contribution in [1.82, 2.24) is 0 Å². The third kappa shape index (κ3) is 3.31. The Morgan fingerprint density at radius 2 is 2.00 bits per heavy atom. The first-order valence-electron chi connectivity index (χ1n) is 6.58. The molecule has 8 heteroatoms. The fraction of sp³-hybridized carbons (Fsp3) is 0.462. The van der Waals surface area contributed by atoms with E-state index in [1.165, 1.54) is 12.1 Å². The van der Waals surface area contributed by atoms with Gasteiger partial charge in [0, 0.05) is 18.6 Å². The van der Waals surface area contributed by atoms with E-state index in [4.69, 9.17) is 20.5 Å². The van der Waals surface area contributed by atoms with Gasteiger partial charge in [-0.25, -0.2) is 8.42 Å². The van der Waals surface area contributed by atoms with Gasteiger partial charge in [0.15, 0.2) is 16.7 Å². The Kier molecular flexibility index (Phi) is 4.43. The van der Waals surface area contributed by atoms with Gasteiger partial charge in [-0.2, -0.15) is 5.26 Å². The van der Waals surface area contributed by atoms with Crippen LogP contribution in [-0.4, -0.2) is 26.9 Å². The summed E-state index contributed by atoms with van der Waals surface area (Å²) in [6, 6.07) is 4.76. The van der Waals surface area contributed by atoms with Crippen LogP contribution in [0, 0.1) is 11.3 Å². The van der Waals surface area contributed by atoms with Crippen LogP contribution in [0.3, 0.4) is 0 Å². The minimum Gasteiger partial charge on any atom is -0.489 e. The van der Waals surface area contributed by atoms with Gasteiger partial charge in [-0.05, 0) is 6.42 Å². The van der Waals surface area contributed by atoms with E-state index in [2.05, 4.69) is 4.72 Å². The van der Waals surface area contributed by atoms with Crippen LogP contribution in [0.1, 0.15) is 19.8 Å². The number of sulfonamides is 1. The summed E-state index contributed by atoms with van der Waals surface area (Å²) in [6.07, 6.45) is 0.929. The Labute approximate surface area is 123 Å². The van der Waals surface area contributed by atoms with Crippen LogP contribution >= 0.6 is 0 Å². The zero-order chi connectivity index (χ0) is 15.5. The zero-order valence-corrected chi connectivity index (χ0v) is 12.4. The molecule has 0 aromatic heterocycles. The lowest BCUT2D eigenvalue weighted by atomic mass is 10.2. The van der Waals surface area contributed by atoms with Gasteiger partial charge < -0.3 is 15.2 Å². The number of nitriles is 1. The number of nitrogen functional groups attached to an aromatic ring is 1. The number of nitrogens with one attached hydrogen (secondary N) is 1. The van der Waals surface area contributed by atoms with E-state index in [-0.39, 0.29) is 17.8 Å². The van der Waals surface area contributed by atoms with Gasteiger partial charge in [-0.1, -0.05) is 6.92 Å². The Morgan fingerprint density at radius 3 is 2.57 bits per heavy atom. The minimum atomic E-state index is -3.82. The molecule has 1 unspecified atom stereocenters. The number of nitrogens with zero attached hydrogens (tertiary/aromatic N) is 1. The molecule has 1 aliphatic heterocycles. The van der Waals surface area contributed by atoms with Crippen LogP contribution in [0.25, 0.3) is 0 Å². The van der Waals surface area contributed by atoms with E-state index in [9.17, 15) is 8.42 Å². The molecule has 0 bridgehead atoms. The van der Waals surface area contributed by atoms with Crippen molar-refractivity contribution < 1.29 is 17.9 Å². The number of benzene rings is 1. The Balaban J connectivity index is 2.33. The first-order chi connectivity index (χ1) is 9.97.